The SMILES string of the molecule is C=CC(=O)N(C)CC(=O)N1CCN(C)c2ncccc21. The molecule has 2 heterocycles. The molecule has 20 heavy (non-hydrogen) atoms. The first-order chi connectivity index (χ1) is 9.54. The molecule has 0 N–H and O–H groups in total. The molecule has 0 bridgehead atoms. The summed E-state index contributed by atoms with van der Waals surface area (Å²) in [5.74, 6) is 0.397. The number of anilines is 2. The highest BCUT2D eigenvalue weighted by atomic mass is 16.2. The third-order valence-corrected chi connectivity index (χ3v) is 3.30. The van der Waals surface area contributed by atoms with E-state index in [0.29, 0.717) is 6.54 Å². The normalized spacial score (nSPS) is 13.7. The Morgan fingerprint density at radius 3 is 2.95 bits per heavy atom. The number of aromatic nitrogens is 1. The Morgan fingerprint density at radius 2 is 2.25 bits per heavy atom. The Hall–Kier alpha value is -2.37. The summed E-state index contributed by atoms with van der Waals surface area (Å²) in [6, 6.07) is 3.67. The van der Waals surface area contributed by atoms with Gasteiger partial charge in [-0.3, -0.25) is 9.59 Å². The first kappa shape index (κ1) is 14.0. The van der Waals surface area contributed by atoms with Crippen LogP contribution in [0.25, 0.3) is 0 Å². The number of carbonyl (C=O) groups is 2. The Morgan fingerprint density at radius 1 is 1.50 bits per heavy atom. The molecule has 106 valence electrons. The minimum absolute atomic E-state index is 0.0307. The molecule has 0 radical (unpaired) electrons. The van der Waals surface area contributed by atoms with Gasteiger partial charge in [0.25, 0.3) is 0 Å². The van der Waals surface area contributed by atoms with Crippen LogP contribution in [0.2, 0.25) is 0 Å². The molecule has 1 aromatic rings. The molecule has 0 atom stereocenters. The van der Waals surface area contributed by atoms with Gasteiger partial charge in [-0.05, 0) is 18.2 Å². The summed E-state index contributed by atoms with van der Waals surface area (Å²) in [7, 11) is 3.53. The molecule has 0 aromatic carbocycles. The molecule has 0 saturated heterocycles. The number of amides is 2. The number of carbonyl (C=O) groups excluding carboxylic acids is 2. The highest BCUT2D eigenvalue weighted by molar-refractivity contribution is 6.00. The zero-order valence-corrected chi connectivity index (χ0v) is 11.7. The fourth-order valence-corrected chi connectivity index (χ4v) is 2.15. The van der Waals surface area contributed by atoms with Gasteiger partial charge in [0.1, 0.15) is 6.54 Å². The molecule has 0 spiro atoms. The Balaban J connectivity index is 2.18. The van der Waals surface area contributed by atoms with Gasteiger partial charge in [0.15, 0.2) is 5.82 Å². The molecule has 6 nitrogen and oxygen atoms in total. The molecular formula is C14H18N4O2. The molecular weight excluding hydrogens is 256 g/mol. The van der Waals surface area contributed by atoms with Gasteiger partial charge in [-0.1, -0.05) is 6.58 Å². The molecule has 0 aliphatic carbocycles. The summed E-state index contributed by atoms with van der Waals surface area (Å²) < 4.78 is 0. The van der Waals surface area contributed by atoms with E-state index in [1.165, 1.54) is 11.0 Å². The van der Waals surface area contributed by atoms with Gasteiger partial charge in [0.2, 0.25) is 11.8 Å². The van der Waals surface area contributed by atoms with Crippen LogP contribution in [0, 0.1) is 0 Å². The van der Waals surface area contributed by atoms with E-state index in [9.17, 15) is 9.59 Å². The number of hydrogen-bond acceptors (Lipinski definition) is 4. The average Bonchev–Trinajstić information content (AvgIpc) is 2.46. The van der Waals surface area contributed by atoms with Gasteiger partial charge in [0, 0.05) is 33.4 Å². The van der Waals surface area contributed by atoms with E-state index in [4.69, 9.17) is 0 Å². The second kappa shape index (κ2) is 5.73. The summed E-state index contributed by atoms with van der Waals surface area (Å²) in [5.41, 5.74) is 0.783. The van der Waals surface area contributed by atoms with Crippen LogP contribution in [0.5, 0.6) is 0 Å². The van der Waals surface area contributed by atoms with Crippen molar-refractivity contribution in [3.05, 3.63) is 31.0 Å². The Bertz CT molecular complexity index is 544. The third-order valence-electron chi connectivity index (χ3n) is 3.30. The Labute approximate surface area is 118 Å². The number of likely N-dealkylation sites (N-methyl/N-ethyl adjacent to an activating group) is 2. The average molecular weight is 274 g/mol. The zero-order chi connectivity index (χ0) is 14.7. The van der Waals surface area contributed by atoms with Crippen LogP contribution in [0.4, 0.5) is 11.5 Å². The van der Waals surface area contributed by atoms with Crippen LogP contribution in [0.1, 0.15) is 0 Å². The predicted molar refractivity (Wildman–Crippen MR) is 77.7 cm³/mol. The van der Waals surface area contributed by atoms with Gasteiger partial charge in [-0.25, -0.2) is 4.98 Å². The minimum atomic E-state index is -0.265. The van der Waals surface area contributed by atoms with E-state index >= 15 is 0 Å². The first-order valence-corrected chi connectivity index (χ1v) is 6.38. The summed E-state index contributed by atoms with van der Waals surface area (Å²) in [4.78, 5) is 33.1. The predicted octanol–water partition coefficient (Wildman–Crippen LogP) is 0.509. The van der Waals surface area contributed by atoms with Crippen LogP contribution >= 0.6 is 0 Å². The van der Waals surface area contributed by atoms with E-state index < -0.39 is 0 Å². The summed E-state index contributed by atoms with van der Waals surface area (Å²) in [6.07, 6.45) is 2.91. The van der Waals surface area contributed by atoms with E-state index in [1.54, 1.807) is 24.2 Å². The van der Waals surface area contributed by atoms with Gasteiger partial charge < -0.3 is 14.7 Å². The first-order valence-electron chi connectivity index (χ1n) is 6.38. The molecule has 0 saturated carbocycles. The molecule has 0 unspecified atom stereocenters. The second-order valence-corrected chi connectivity index (χ2v) is 4.71. The Kier molecular flexibility index (Phi) is 4.02. The lowest BCUT2D eigenvalue weighted by Gasteiger charge is -2.35. The third kappa shape index (κ3) is 2.64. The fourth-order valence-electron chi connectivity index (χ4n) is 2.15. The molecule has 0 fully saturated rings. The quantitative estimate of drug-likeness (QED) is 0.754. The van der Waals surface area contributed by atoms with E-state index in [0.717, 1.165) is 18.1 Å². The maximum Gasteiger partial charge on any atom is 0.246 e. The van der Waals surface area contributed by atoms with Crippen LogP contribution in [-0.2, 0) is 9.59 Å². The highest BCUT2D eigenvalue weighted by Crippen LogP contribution is 2.29. The van der Waals surface area contributed by atoms with Gasteiger partial charge in [-0.15, -0.1) is 0 Å². The lowest BCUT2D eigenvalue weighted by atomic mass is 10.2. The van der Waals surface area contributed by atoms with Gasteiger partial charge in [-0.2, -0.15) is 0 Å². The molecule has 1 aliphatic heterocycles. The molecule has 2 rings (SSSR count). The van der Waals surface area contributed by atoms with Crippen molar-refractivity contribution >= 4 is 23.3 Å². The fraction of sp³-hybridized carbons (Fsp3) is 0.357. The van der Waals surface area contributed by atoms with Gasteiger partial charge in [0.05, 0.1) is 5.69 Å². The topological polar surface area (TPSA) is 56.8 Å². The lowest BCUT2D eigenvalue weighted by Crippen LogP contribution is -2.47. The molecule has 1 aromatic heterocycles. The minimum Gasteiger partial charge on any atom is -0.356 e. The van der Waals surface area contributed by atoms with E-state index in [2.05, 4.69) is 11.6 Å². The summed E-state index contributed by atoms with van der Waals surface area (Å²) in [6.45, 7) is 4.75. The van der Waals surface area contributed by atoms with Crippen molar-refractivity contribution in [2.45, 2.75) is 0 Å². The van der Waals surface area contributed by atoms with Crippen molar-refractivity contribution in [1.29, 1.82) is 0 Å². The number of rotatable bonds is 3. The maximum absolute atomic E-state index is 12.3. The summed E-state index contributed by atoms with van der Waals surface area (Å²) in [5, 5.41) is 0. The van der Waals surface area contributed by atoms with Crippen molar-refractivity contribution in [3.8, 4) is 0 Å². The van der Waals surface area contributed by atoms with Crippen LogP contribution < -0.4 is 9.80 Å². The van der Waals surface area contributed by atoms with Crippen molar-refractivity contribution in [2.75, 3.05) is 43.5 Å². The van der Waals surface area contributed by atoms with Crippen LogP contribution in [0.3, 0.4) is 0 Å². The number of nitrogens with zero attached hydrogens (tertiary/aromatic N) is 4. The largest absolute Gasteiger partial charge is 0.356 e. The van der Waals surface area contributed by atoms with Crippen molar-refractivity contribution in [2.24, 2.45) is 0 Å². The van der Waals surface area contributed by atoms with Gasteiger partial charge >= 0.3 is 0 Å². The zero-order valence-electron chi connectivity index (χ0n) is 11.7. The maximum atomic E-state index is 12.3. The smallest absolute Gasteiger partial charge is 0.246 e. The molecule has 2 amide bonds. The van der Waals surface area contributed by atoms with Crippen LogP contribution in [0.15, 0.2) is 31.0 Å². The lowest BCUT2D eigenvalue weighted by molar-refractivity contribution is -0.130. The highest BCUT2D eigenvalue weighted by Gasteiger charge is 2.26. The number of pyridine rings is 1. The standard InChI is InChI=1S/C14H18N4O2/c1-4-12(19)17(3)10-13(20)18-9-8-16(2)14-11(18)6-5-7-15-14/h4-7H,1,8-10H2,2-3H3. The van der Waals surface area contributed by atoms with Crippen LogP contribution in [-0.4, -0.2) is 55.4 Å². The summed E-state index contributed by atoms with van der Waals surface area (Å²) >= 11 is 0. The number of hydrogen-bond donors (Lipinski definition) is 0. The van der Waals surface area contributed by atoms with Crippen molar-refractivity contribution < 1.29 is 9.59 Å². The molecule has 1 aliphatic rings. The van der Waals surface area contributed by atoms with Crippen molar-refractivity contribution in [1.82, 2.24) is 9.88 Å². The molecule has 6 heteroatoms. The monoisotopic (exact) mass is 274 g/mol. The van der Waals surface area contributed by atoms with Crippen molar-refractivity contribution in [3.63, 3.8) is 0 Å². The van der Waals surface area contributed by atoms with E-state index in [1.807, 2.05) is 18.0 Å². The van der Waals surface area contributed by atoms with E-state index in [-0.39, 0.29) is 18.4 Å². The second-order valence-electron chi connectivity index (χ2n) is 4.71. The number of fused-ring (bicyclic) bond motifs is 1.